The van der Waals surface area contributed by atoms with Crippen molar-refractivity contribution < 1.29 is 22.7 Å². The van der Waals surface area contributed by atoms with E-state index in [1.165, 1.54) is 38.4 Å². The van der Waals surface area contributed by atoms with Gasteiger partial charge in [-0.1, -0.05) is 11.6 Å². The molecule has 1 heterocycles. The van der Waals surface area contributed by atoms with E-state index < -0.39 is 10.0 Å². The SMILES string of the molecule is COC(=O)C1CCN(C(=O)c2ccc(N(C)S(=O)(=O)c3ccc(Cl)cc3)cc2)CC1. The summed E-state index contributed by atoms with van der Waals surface area (Å²) in [5, 5.41) is 0.454. The van der Waals surface area contributed by atoms with Crippen molar-refractivity contribution in [2.45, 2.75) is 17.7 Å². The number of hydrogen-bond acceptors (Lipinski definition) is 5. The van der Waals surface area contributed by atoms with Crippen LogP contribution in [0.5, 0.6) is 0 Å². The quantitative estimate of drug-likeness (QED) is 0.653. The first-order valence-corrected chi connectivity index (χ1v) is 11.3. The van der Waals surface area contributed by atoms with Gasteiger partial charge in [-0.3, -0.25) is 13.9 Å². The fraction of sp³-hybridized carbons (Fsp3) is 0.333. The summed E-state index contributed by atoms with van der Waals surface area (Å²) in [6.45, 7) is 0.955. The van der Waals surface area contributed by atoms with Crippen molar-refractivity contribution in [1.82, 2.24) is 4.90 Å². The van der Waals surface area contributed by atoms with Gasteiger partial charge in [0.05, 0.1) is 23.6 Å². The van der Waals surface area contributed by atoms with Crippen LogP contribution in [0.1, 0.15) is 23.2 Å². The molecule has 1 amide bonds. The first-order valence-electron chi connectivity index (χ1n) is 9.45. The fourth-order valence-electron chi connectivity index (χ4n) is 3.38. The zero-order valence-electron chi connectivity index (χ0n) is 16.7. The summed E-state index contributed by atoms with van der Waals surface area (Å²) in [6, 6.07) is 12.4. The third kappa shape index (κ3) is 4.60. The molecular weight excluding hydrogens is 428 g/mol. The highest BCUT2D eigenvalue weighted by Crippen LogP contribution is 2.25. The number of amides is 1. The van der Waals surface area contributed by atoms with Crippen molar-refractivity contribution >= 4 is 39.2 Å². The summed E-state index contributed by atoms with van der Waals surface area (Å²) in [4.78, 5) is 26.2. The molecule has 2 aromatic carbocycles. The summed E-state index contributed by atoms with van der Waals surface area (Å²) in [5.74, 6) is -0.558. The summed E-state index contributed by atoms with van der Waals surface area (Å²) >= 11 is 5.83. The molecule has 0 saturated carbocycles. The Balaban J connectivity index is 1.69. The molecule has 0 atom stereocenters. The minimum Gasteiger partial charge on any atom is -0.469 e. The first-order chi connectivity index (χ1) is 14.2. The van der Waals surface area contributed by atoms with Crippen molar-refractivity contribution in [3.05, 3.63) is 59.1 Å². The number of rotatable bonds is 5. The second kappa shape index (κ2) is 9.06. The van der Waals surface area contributed by atoms with Crippen molar-refractivity contribution in [3.8, 4) is 0 Å². The molecule has 1 fully saturated rings. The normalized spacial score (nSPS) is 15.0. The zero-order valence-corrected chi connectivity index (χ0v) is 18.3. The lowest BCUT2D eigenvalue weighted by Crippen LogP contribution is -2.40. The third-order valence-electron chi connectivity index (χ3n) is 5.27. The number of nitrogens with zero attached hydrogens (tertiary/aromatic N) is 2. The third-order valence-corrected chi connectivity index (χ3v) is 7.32. The highest BCUT2D eigenvalue weighted by molar-refractivity contribution is 7.92. The van der Waals surface area contributed by atoms with Gasteiger partial charge in [0.25, 0.3) is 15.9 Å². The molecule has 9 heteroatoms. The number of ether oxygens (including phenoxy) is 1. The van der Waals surface area contributed by atoms with E-state index >= 15 is 0 Å². The number of piperidine rings is 1. The molecule has 0 unspecified atom stereocenters. The van der Waals surface area contributed by atoms with Crippen LogP contribution in [-0.4, -0.2) is 52.4 Å². The minimum atomic E-state index is -3.74. The number of benzene rings is 2. The highest BCUT2D eigenvalue weighted by atomic mass is 35.5. The topological polar surface area (TPSA) is 84.0 Å². The van der Waals surface area contributed by atoms with Gasteiger partial charge in [0, 0.05) is 30.7 Å². The number of hydrogen-bond donors (Lipinski definition) is 0. The number of esters is 1. The van der Waals surface area contributed by atoms with Crippen LogP contribution in [0.4, 0.5) is 5.69 Å². The van der Waals surface area contributed by atoms with E-state index in [0.29, 0.717) is 42.2 Å². The summed E-state index contributed by atoms with van der Waals surface area (Å²) in [6.07, 6.45) is 1.14. The van der Waals surface area contributed by atoms with E-state index in [0.717, 1.165) is 4.31 Å². The minimum absolute atomic E-state index is 0.128. The van der Waals surface area contributed by atoms with Crippen molar-refractivity contribution in [3.63, 3.8) is 0 Å². The molecule has 0 aromatic heterocycles. The van der Waals surface area contributed by atoms with Crippen LogP contribution in [0.3, 0.4) is 0 Å². The molecule has 2 aromatic rings. The van der Waals surface area contributed by atoms with Gasteiger partial charge in [0.1, 0.15) is 0 Å². The van der Waals surface area contributed by atoms with Crippen LogP contribution >= 0.6 is 11.6 Å². The standard InChI is InChI=1S/C21H23ClN2O5S/c1-23(30(27,28)19-9-5-17(22)6-10-19)18-7-3-15(4-8-18)20(25)24-13-11-16(12-14-24)21(26)29-2/h3-10,16H,11-14H2,1-2H3. The zero-order chi connectivity index (χ0) is 21.9. The van der Waals surface area contributed by atoms with E-state index in [9.17, 15) is 18.0 Å². The molecule has 0 N–H and O–H groups in total. The molecule has 0 radical (unpaired) electrons. The summed E-state index contributed by atoms with van der Waals surface area (Å²) in [7, 11) is -0.920. The van der Waals surface area contributed by atoms with E-state index in [1.807, 2.05) is 0 Å². The van der Waals surface area contributed by atoms with Crippen LogP contribution in [0.15, 0.2) is 53.4 Å². The number of halogens is 1. The van der Waals surface area contributed by atoms with Crippen LogP contribution in [0, 0.1) is 5.92 Å². The van der Waals surface area contributed by atoms with Gasteiger partial charge in [-0.2, -0.15) is 0 Å². The van der Waals surface area contributed by atoms with Crippen LogP contribution in [0.25, 0.3) is 0 Å². The largest absolute Gasteiger partial charge is 0.469 e. The smallest absolute Gasteiger partial charge is 0.308 e. The van der Waals surface area contributed by atoms with Gasteiger partial charge in [-0.15, -0.1) is 0 Å². The van der Waals surface area contributed by atoms with Crippen molar-refractivity contribution in [1.29, 1.82) is 0 Å². The molecular formula is C21H23ClN2O5S. The average Bonchev–Trinajstić information content (AvgIpc) is 2.78. The van der Waals surface area contributed by atoms with Gasteiger partial charge < -0.3 is 9.64 Å². The number of sulfonamides is 1. The van der Waals surface area contributed by atoms with Gasteiger partial charge in [0.2, 0.25) is 0 Å². The molecule has 0 bridgehead atoms. The van der Waals surface area contributed by atoms with Gasteiger partial charge >= 0.3 is 5.97 Å². The molecule has 30 heavy (non-hydrogen) atoms. The van der Waals surface area contributed by atoms with Gasteiger partial charge in [-0.05, 0) is 61.4 Å². The van der Waals surface area contributed by atoms with E-state index in [2.05, 4.69) is 0 Å². The lowest BCUT2D eigenvalue weighted by atomic mass is 9.96. The molecule has 1 saturated heterocycles. The molecule has 1 aliphatic rings. The Morgan fingerprint density at radius 2 is 1.60 bits per heavy atom. The number of likely N-dealkylation sites (tertiary alicyclic amines) is 1. The Labute approximate surface area is 181 Å². The second-order valence-corrected chi connectivity index (χ2v) is 9.47. The first kappa shape index (κ1) is 22.1. The number of carbonyl (C=O) groups excluding carboxylic acids is 2. The Bertz CT molecular complexity index is 1010. The van der Waals surface area contributed by atoms with Crippen LogP contribution in [0.2, 0.25) is 5.02 Å². The van der Waals surface area contributed by atoms with E-state index in [1.54, 1.807) is 29.2 Å². The predicted octanol–water partition coefficient (Wildman–Crippen LogP) is 3.19. The maximum Gasteiger partial charge on any atom is 0.308 e. The van der Waals surface area contributed by atoms with Gasteiger partial charge in [0.15, 0.2) is 0 Å². The Morgan fingerprint density at radius 3 is 2.13 bits per heavy atom. The number of carbonyl (C=O) groups is 2. The highest BCUT2D eigenvalue weighted by Gasteiger charge is 2.28. The number of methoxy groups -OCH3 is 1. The van der Waals surface area contributed by atoms with Crippen molar-refractivity contribution in [2.75, 3.05) is 31.6 Å². The lowest BCUT2D eigenvalue weighted by molar-refractivity contribution is -0.146. The Kier molecular flexibility index (Phi) is 6.67. The van der Waals surface area contributed by atoms with E-state index in [4.69, 9.17) is 16.3 Å². The van der Waals surface area contributed by atoms with Crippen LogP contribution in [-0.2, 0) is 19.6 Å². The molecule has 0 aliphatic carbocycles. The number of anilines is 1. The second-order valence-electron chi connectivity index (χ2n) is 7.06. The lowest BCUT2D eigenvalue weighted by Gasteiger charge is -2.30. The predicted molar refractivity (Wildman–Crippen MR) is 114 cm³/mol. The molecule has 160 valence electrons. The molecule has 0 spiro atoms. The monoisotopic (exact) mass is 450 g/mol. The van der Waals surface area contributed by atoms with Crippen LogP contribution < -0.4 is 4.31 Å². The molecule has 3 rings (SSSR count). The van der Waals surface area contributed by atoms with E-state index in [-0.39, 0.29) is 22.7 Å². The summed E-state index contributed by atoms with van der Waals surface area (Å²) < 4.78 is 31.5. The van der Waals surface area contributed by atoms with Gasteiger partial charge in [-0.25, -0.2) is 8.42 Å². The summed E-state index contributed by atoms with van der Waals surface area (Å²) in [5.41, 5.74) is 0.901. The maximum absolute atomic E-state index is 12.8. The maximum atomic E-state index is 12.8. The van der Waals surface area contributed by atoms with Crippen molar-refractivity contribution in [2.24, 2.45) is 5.92 Å². The fourth-order valence-corrected chi connectivity index (χ4v) is 4.71. The Morgan fingerprint density at radius 1 is 1.03 bits per heavy atom. The molecule has 1 aliphatic heterocycles. The average molecular weight is 451 g/mol. The molecule has 7 nitrogen and oxygen atoms in total. The Hall–Kier alpha value is -2.58.